The number of carbonyl (C=O) groups is 1. The fourth-order valence-electron chi connectivity index (χ4n) is 4.86. The summed E-state index contributed by atoms with van der Waals surface area (Å²) in [4.78, 5) is 28.1. The summed E-state index contributed by atoms with van der Waals surface area (Å²) in [6.07, 6.45) is 8.01. The maximum atomic E-state index is 12.7. The molecule has 2 amide bonds. The highest BCUT2D eigenvalue weighted by Crippen LogP contribution is 2.36. The molecule has 4 rings (SSSR count). The van der Waals surface area contributed by atoms with E-state index in [4.69, 9.17) is 0 Å². The van der Waals surface area contributed by atoms with E-state index in [2.05, 4.69) is 32.0 Å². The molecule has 1 aromatic heterocycles. The first kappa shape index (κ1) is 18.5. The molecule has 0 spiro atoms. The molecule has 2 aliphatic heterocycles. The molecule has 3 heterocycles. The summed E-state index contributed by atoms with van der Waals surface area (Å²) < 4.78 is 0. The number of fused-ring (bicyclic) bond motifs is 1. The quantitative estimate of drug-likeness (QED) is 0.884. The van der Waals surface area contributed by atoms with Gasteiger partial charge in [-0.1, -0.05) is 26.2 Å². The molecule has 148 valence electrons. The van der Waals surface area contributed by atoms with E-state index in [1.165, 1.54) is 25.7 Å². The van der Waals surface area contributed by atoms with Crippen LogP contribution in [0.3, 0.4) is 0 Å². The van der Waals surface area contributed by atoms with Crippen molar-refractivity contribution < 1.29 is 4.79 Å². The molecular formula is C20H32N6O. The Morgan fingerprint density at radius 2 is 1.85 bits per heavy atom. The maximum Gasteiger partial charge on any atom is 0.323 e. The molecule has 1 aromatic rings. The average molecular weight is 373 g/mol. The number of aromatic nitrogens is 2. The molecule has 7 heteroatoms. The number of nitrogens with one attached hydrogen (secondary N) is 1. The monoisotopic (exact) mass is 372 g/mol. The minimum atomic E-state index is -0.0144. The number of rotatable bonds is 3. The predicted octanol–water partition coefficient (Wildman–Crippen LogP) is 2.66. The Morgan fingerprint density at radius 1 is 1.07 bits per heavy atom. The Kier molecular flexibility index (Phi) is 5.76. The minimum absolute atomic E-state index is 0.0144. The van der Waals surface area contributed by atoms with Crippen molar-refractivity contribution in [1.82, 2.24) is 19.8 Å². The highest BCUT2D eigenvalue weighted by molar-refractivity contribution is 5.88. The lowest BCUT2D eigenvalue weighted by Gasteiger charge is -2.41. The predicted molar refractivity (Wildman–Crippen MR) is 107 cm³/mol. The number of amides is 2. The largest absolute Gasteiger partial charge is 0.354 e. The van der Waals surface area contributed by atoms with Gasteiger partial charge in [-0.25, -0.2) is 14.8 Å². The van der Waals surface area contributed by atoms with Gasteiger partial charge < -0.3 is 14.7 Å². The van der Waals surface area contributed by atoms with E-state index < -0.39 is 0 Å². The number of nitrogens with zero attached hydrogens (tertiary/aromatic N) is 5. The fraction of sp³-hybridized carbons (Fsp3) is 0.750. The van der Waals surface area contributed by atoms with Crippen LogP contribution in [0.15, 0.2) is 12.4 Å². The van der Waals surface area contributed by atoms with Crippen LogP contribution < -0.4 is 10.2 Å². The molecule has 0 radical (unpaired) electrons. The van der Waals surface area contributed by atoms with Gasteiger partial charge in [0.25, 0.3) is 0 Å². The van der Waals surface area contributed by atoms with Crippen molar-refractivity contribution in [1.29, 1.82) is 0 Å². The van der Waals surface area contributed by atoms with E-state index in [0.717, 1.165) is 64.0 Å². The molecule has 1 saturated carbocycles. The van der Waals surface area contributed by atoms with Crippen LogP contribution in [0.1, 0.15) is 39.0 Å². The Hall–Kier alpha value is -1.89. The number of piperidine rings is 1. The standard InChI is InChI=1S/C20H32N6O/c1-2-24-9-11-25(12-10-24)19-13-18(21-15-22-19)23-20(27)26-8-7-16-5-3-4-6-17(16)14-26/h13,15-17H,2-12,14H2,1H3,(H,21,22,23,27). The molecule has 3 fully saturated rings. The number of urea groups is 1. The summed E-state index contributed by atoms with van der Waals surface area (Å²) in [6, 6.07) is 1.90. The number of likely N-dealkylation sites (tertiary alicyclic amines) is 1. The van der Waals surface area contributed by atoms with Crippen LogP contribution >= 0.6 is 0 Å². The van der Waals surface area contributed by atoms with Gasteiger partial charge in [-0.2, -0.15) is 0 Å². The summed E-state index contributed by atoms with van der Waals surface area (Å²) in [7, 11) is 0. The van der Waals surface area contributed by atoms with Gasteiger partial charge in [-0.3, -0.25) is 5.32 Å². The van der Waals surface area contributed by atoms with E-state index in [0.29, 0.717) is 11.7 Å². The molecule has 0 bridgehead atoms. The second kappa shape index (κ2) is 8.42. The molecule has 2 atom stereocenters. The van der Waals surface area contributed by atoms with Gasteiger partial charge in [-0.05, 0) is 31.2 Å². The van der Waals surface area contributed by atoms with E-state index in [1.54, 1.807) is 6.33 Å². The van der Waals surface area contributed by atoms with Gasteiger partial charge in [0.2, 0.25) is 0 Å². The molecule has 1 aliphatic carbocycles. The third kappa shape index (κ3) is 4.34. The van der Waals surface area contributed by atoms with Crippen molar-refractivity contribution >= 4 is 17.7 Å². The summed E-state index contributed by atoms with van der Waals surface area (Å²) in [5, 5.41) is 3.01. The summed E-state index contributed by atoms with van der Waals surface area (Å²) >= 11 is 0. The topological polar surface area (TPSA) is 64.6 Å². The molecule has 0 aromatic carbocycles. The first-order chi connectivity index (χ1) is 13.2. The number of anilines is 2. The minimum Gasteiger partial charge on any atom is -0.354 e. The van der Waals surface area contributed by atoms with Crippen LogP contribution in [0, 0.1) is 11.8 Å². The van der Waals surface area contributed by atoms with Crippen LogP contribution in [-0.4, -0.2) is 71.6 Å². The van der Waals surface area contributed by atoms with Gasteiger partial charge in [-0.15, -0.1) is 0 Å². The molecule has 2 saturated heterocycles. The van der Waals surface area contributed by atoms with Crippen molar-refractivity contribution in [2.45, 2.75) is 39.0 Å². The first-order valence-corrected chi connectivity index (χ1v) is 10.6. The van der Waals surface area contributed by atoms with Crippen LogP contribution in [0.5, 0.6) is 0 Å². The van der Waals surface area contributed by atoms with Crippen LogP contribution in [0.2, 0.25) is 0 Å². The molecule has 1 N–H and O–H groups in total. The van der Waals surface area contributed by atoms with Gasteiger partial charge in [0, 0.05) is 45.3 Å². The smallest absolute Gasteiger partial charge is 0.323 e. The zero-order valence-electron chi connectivity index (χ0n) is 16.4. The van der Waals surface area contributed by atoms with Gasteiger partial charge >= 0.3 is 6.03 Å². The zero-order chi connectivity index (χ0) is 18.6. The maximum absolute atomic E-state index is 12.7. The van der Waals surface area contributed by atoms with Crippen molar-refractivity contribution in [2.24, 2.45) is 11.8 Å². The second-order valence-electron chi connectivity index (χ2n) is 8.15. The molecule has 3 aliphatic rings. The third-order valence-electron chi connectivity index (χ3n) is 6.61. The Morgan fingerprint density at radius 3 is 2.63 bits per heavy atom. The van der Waals surface area contributed by atoms with E-state index in [-0.39, 0.29) is 6.03 Å². The Balaban J connectivity index is 1.34. The highest BCUT2D eigenvalue weighted by atomic mass is 16.2. The zero-order valence-corrected chi connectivity index (χ0v) is 16.4. The van der Waals surface area contributed by atoms with Gasteiger partial charge in [0.1, 0.15) is 18.0 Å². The second-order valence-corrected chi connectivity index (χ2v) is 8.15. The normalized spacial score (nSPS) is 26.6. The lowest BCUT2D eigenvalue weighted by molar-refractivity contribution is 0.108. The number of carbonyl (C=O) groups excluding carboxylic acids is 1. The number of piperazine rings is 1. The van der Waals surface area contributed by atoms with Crippen molar-refractivity contribution in [2.75, 3.05) is 56.0 Å². The highest BCUT2D eigenvalue weighted by Gasteiger charge is 2.33. The van der Waals surface area contributed by atoms with Crippen LogP contribution in [0.25, 0.3) is 0 Å². The summed E-state index contributed by atoms with van der Waals surface area (Å²) in [6.45, 7) is 9.09. The number of hydrogen-bond donors (Lipinski definition) is 1. The van der Waals surface area contributed by atoms with Crippen molar-refractivity contribution in [3.63, 3.8) is 0 Å². The lowest BCUT2D eigenvalue weighted by atomic mass is 9.75. The van der Waals surface area contributed by atoms with Gasteiger partial charge in [0.05, 0.1) is 0 Å². The molecular weight excluding hydrogens is 340 g/mol. The van der Waals surface area contributed by atoms with Crippen molar-refractivity contribution in [3.8, 4) is 0 Å². The summed E-state index contributed by atoms with van der Waals surface area (Å²) in [5.41, 5.74) is 0. The third-order valence-corrected chi connectivity index (χ3v) is 6.61. The Bertz CT molecular complexity index is 645. The van der Waals surface area contributed by atoms with Crippen molar-refractivity contribution in [3.05, 3.63) is 12.4 Å². The van der Waals surface area contributed by atoms with E-state index in [1.807, 2.05) is 11.0 Å². The lowest BCUT2D eigenvalue weighted by Crippen LogP contribution is -2.47. The van der Waals surface area contributed by atoms with Crippen LogP contribution in [0.4, 0.5) is 16.4 Å². The SMILES string of the molecule is CCN1CCN(c2cc(NC(=O)N3CCC4CCCCC4C3)ncn2)CC1. The average Bonchev–Trinajstić information content (AvgIpc) is 2.73. The molecule has 2 unspecified atom stereocenters. The fourth-order valence-corrected chi connectivity index (χ4v) is 4.86. The Labute approximate surface area is 162 Å². The van der Waals surface area contributed by atoms with Gasteiger partial charge in [0.15, 0.2) is 0 Å². The van der Waals surface area contributed by atoms with E-state index >= 15 is 0 Å². The number of likely N-dealkylation sites (N-methyl/N-ethyl adjacent to an activating group) is 1. The molecule has 7 nitrogen and oxygen atoms in total. The first-order valence-electron chi connectivity index (χ1n) is 10.6. The molecule has 27 heavy (non-hydrogen) atoms. The number of hydrogen-bond acceptors (Lipinski definition) is 5. The van der Waals surface area contributed by atoms with Crippen LogP contribution in [-0.2, 0) is 0 Å². The van der Waals surface area contributed by atoms with E-state index in [9.17, 15) is 4.79 Å². The summed E-state index contributed by atoms with van der Waals surface area (Å²) in [5.74, 6) is 3.03.